The maximum absolute atomic E-state index is 11.7. The van der Waals surface area contributed by atoms with Crippen molar-refractivity contribution < 1.29 is 18.3 Å². The Morgan fingerprint density at radius 1 is 1.41 bits per heavy atom. The van der Waals surface area contributed by atoms with E-state index >= 15 is 0 Å². The van der Waals surface area contributed by atoms with Gasteiger partial charge in [0, 0.05) is 11.0 Å². The van der Waals surface area contributed by atoms with Gasteiger partial charge in [-0.25, -0.2) is 13.2 Å². The number of benzene rings is 1. The molecule has 1 aromatic rings. The van der Waals surface area contributed by atoms with E-state index in [1.165, 1.54) is 22.5 Å². The van der Waals surface area contributed by atoms with Crippen LogP contribution in [0.3, 0.4) is 0 Å². The molecule has 1 aliphatic rings. The molecule has 1 aliphatic heterocycles. The number of halogens is 1. The fourth-order valence-corrected chi connectivity index (χ4v) is 4.04. The Labute approximate surface area is 107 Å². The van der Waals surface area contributed by atoms with Crippen LogP contribution in [0.15, 0.2) is 22.7 Å². The predicted octanol–water partition coefficient (Wildman–Crippen LogP) is 1.69. The van der Waals surface area contributed by atoms with Crippen molar-refractivity contribution in [3.63, 3.8) is 0 Å². The number of carboxylic acid groups (broad SMARTS) is 1. The summed E-state index contributed by atoms with van der Waals surface area (Å²) in [6.07, 6.45) is 0.593. The molecule has 92 valence electrons. The minimum absolute atomic E-state index is 0.122. The second-order valence-corrected chi connectivity index (χ2v) is 6.58. The molecule has 0 unspecified atom stereocenters. The van der Waals surface area contributed by atoms with E-state index < -0.39 is 16.0 Å². The first-order valence-electron chi connectivity index (χ1n) is 4.95. The Morgan fingerprint density at radius 2 is 2.12 bits per heavy atom. The lowest BCUT2D eigenvalue weighted by Gasteiger charge is -2.18. The first-order valence-corrected chi connectivity index (χ1v) is 7.35. The molecule has 1 aromatic carbocycles. The number of carbonyl (C=O) groups is 1. The highest BCUT2D eigenvalue weighted by Crippen LogP contribution is 2.32. The predicted molar refractivity (Wildman–Crippen MR) is 66.9 cm³/mol. The van der Waals surface area contributed by atoms with Gasteiger partial charge in [0.2, 0.25) is 10.0 Å². The number of nitrogens with zero attached hydrogens (tertiary/aromatic N) is 1. The van der Waals surface area contributed by atoms with Crippen LogP contribution in [0.25, 0.3) is 0 Å². The van der Waals surface area contributed by atoms with Crippen molar-refractivity contribution >= 4 is 37.6 Å². The van der Waals surface area contributed by atoms with E-state index in [2.05, 4.69) is 15.9 Å². The maximum Gasteiger partial charge on any atom is 0.335 e. The Bertz CT molecular complexity index is 570. The van der Waals surface area contributed by atoms with Crippen LogP contribution in [0.1, 0.15) is 16.8 Å². The zero-order valence-electron chi connectivity index (χ0n) is 8.76. The third kappa shape index (κ3) is 2.30. The summed E-state index contributed by atoms with van der Waals surface area (Å²) in [5.41, 5.74) is 0.615. The van der Waals surface area contributed by atoms with Crippen LogP contribution in [-0.4, -0.2) is 31.8 Å². The zero-order chi connectivity index (χ0) is 12.6. The van der Waals surface area contributed by atoms with E-state index in [1.807, 2.05) is 0 Å². The second kappa shape index (κ2) is 4.30. The zero-order valence-corrected chi connectivity index (χ0v) is 11.2. The number of rotatable bonds is 2. The molecule has 0 atom stereocenters. The first-order chi connectivity index (χ1) is 7.92. The number of anilines is 1. The Balaban J connectivity index is 2.44. The highest BCUT2D eigenvalue weighted by molar-refractivity contribution is 9.10. The highest BCUT2D eigenvalue weighted by Gasteiger charge is 2.29. The van der Waals surface area contributed by atoms with Gasteiger partial charge >= 0.3 is 5.97 Å². The van der Waals surface area contributed by atoms with Crippen molar-refractivity contribution in [3.05, 3.63) is 28.2 Å². The number of sulfonamides is 1. The summed E-state index contributed by atoms with van der Waals surface area (Å²) >= 11 is 3.21. The average molecular weight is 320 g/mol. The van der Waals surface area contributed by atoms with E-state index in [0.717, 1.165) is 0 Å². The van der Waals surface area contributed by atoms with Crippen LogP contribution < -0.4 is 4.31 Å². The lowest BCUT2D eigenvalue weighted by molar-refractivity contribution is 0.0697. The molecule has 0 amide bonds. The van der Waals surface area contributed by atoms with E-state index in [9.17, 15) is 13.2 Å². The quantitative estimate of drug-likeness (QED) is 0.900. The molecule has 17 heavy (non-hydrogen) atoms. The molecule has 0 radical (unpaired) electrons. The van der Waals surface area contributed by atoms with Gasteiger partial charge in [0.05, 0.1) is 17.0 Å². The average Bonchev–Trinajstić information content (AvgIpc) is 2.58. The van der Waals surface area contributed by atoms with E-state index in [4.69, 9.17) is 5.11 Å². The van der Waals surface area contributed by atoms with Crippen LogP contribution in [0.4, 0.5) is 5.69 Å². The van der Waals surface area contributed by atoms with Gasteiger partial charge in [-0.05, 0) is 40.5 Å². The van der Waals surface area contributed by atoms with Crippen molar-refractivity contribution in [3.8, 4) is 0 Å². The minimum Gasteiger partial charge on any atom is -0.478 e. The van der Waals surface area contributed by atoms with Gasteiger partial charge in [-0.1, -0.05) is 0 Å². The Kier molecular flexibility index (Phi) is 3.13. The van der Waals surface area contributed by atoms with Gasteiger partial charge < -0.3 is 5.11 Å². The van der Waals surface area contributed by atoms with Gasteiger partial charge in [-0.15, -0.1) is 0 Å². The van der Waals surface area contributed by atoms with Crippen LogP contribution in [-0.2, 0) is 10.0 Å². The summed E-state index contributed by atoms with van der Waals surface area (Å²) in [5.74, 6) is -0.901. The highest BCUT2D eigenvalue weighted by atomic mass is 79.9. The summed E-state index contributed by atoms with van der Waals surface area (Å²) in [4.78, 5) is 10.8. The first kappa shape index (κ1) is 12.4. The maximum atomic E-state index is 11.7. The second-order valence-electron chi connectivity index (χ2n) is 3.71. The third-order valence-electron chi connectivity index (χ3n) is 2.56. The Morgan fingerprint density at radius 3 is 2.59 bits per heavy atom. The van der Waals surface area contributed by atoms with Crippen molar-refractivity contribution in [2.45, 2.75) is 6.42 Å². The molecule has 1 saturated heterocycles. The van der Waals surface area contributed by atoms with E-state index in [1.54, 1.807) is 0 Å². The van der Waals surface area contributed by atoms with Crippen molar-refractivity contribution in [1.82, 2.24) is 0 Å². The van der Waals surface area contributed by atoms with Crippen molar-refractivity contribution in [2.24, 2.45) is 0 Å². The molecule has 0 bridgehead atoms. The summed E-state index contributed by atoms with van der Waals surface area (Å²) in [6, 6.07) is 4.32. The molecule has 2 rings (SSSR count). The van der Waals surface area contributed by atoms with Gasteiger partial charge in [0.1, 0.15) is 0 Å². The molecule has 5 nitrogen and oxygen atoms in total. The summed E-state index contributed by atoms with van der Waals surface area (Å²) in [7, 11) is -3.24. The van der Waals surface area contributed by atoms with Gasteiger partial charge in [0.15, 0.2) is 0 Å². The SMILES string of the molecule is O=C(O)c1ccc(N2CCCS2(=O)=O)c(Br)c1. The number of carboxylic acids is 1. The van der Waals surface area contributed by atoms with Gasteiger partial charge in [-0.2, -0.15) is 0 Å². The summed E-state index contributed by atoms with van der Waals surface area (Å²) in [6.45, 7) is 0.438. The number of hydrogen-bond donors (Lipinski definition) is 1. The van der Waals surface area contributed by atoms with Crippen LogP contribution in [0, 0.1) is 0 Å². The summed E-state index contributed by atoms with van der Waals surface area (Å²) < 4.78 is 25.2. The lowest BCUT2D eigenvalue weighted by Crippen LogP contribution is -2.25. The fraction of sp³-hybridized carbons (Fsp3) is 0.300. The molecule has 1 N–H and O–H groups in total. The minimum atomic E-state index is -3.24. The standard InChI is InChI=1S/C10H10BrNO4S/c11-8-6-7(10(13)14)2-3-9(8)12-4-1-5-17(12,15)16/h2-3,6H,1,4-5H2,(H,13,14). The summed E-state index contributed by atoms with van der Waals surface area (Å²) in [5, 5.41) is 8.82. The van der Waals surface area contributed by atoms with E-state index in [-0.39, 0.29) is 11.3 Å². The molecular formula is C10H10BrNO4S. The third-order valence-corrected chi connectivity index (χ3v) is 5.05. The molecule has 1 fully saturated rings. The molecule has 0 aliphatic carbocycles. The van der Waals surface area contributed by atoms with Crippen LogP contribution in [0.5, 0.6) is 0 Å². The van der Waals surface area contributed by atoms with Crippen LogP contribution >= 0.6 is 15.9 Å². The fourth-order valence-electron chi connectivity index (χ4n) is 1.75. The lowest BCUT2D eigenvalue weighted by atomic mass is 10.2. The molecule has 7 heteroatoms. The number of aromatic carboxylic acids is 1. The molecule has 0 spiro atoms. The van der Waals surface area contributed by atoms with Crippen LogP contribution in [0.2, 0.25) is 0 Å². The molecular weight excluding hydrogens is 310 g/mol. The van der Waals surface area contributed by atoms with Gasteiger partial charge in [-0.3, -0.25) is 4.31 Å². The molecule has 0 aromatic heterocycles. The Hall–Kier alpha value is -1.08. The topological polar surface area (TPSA) is 74.7 Å². The normalized spacial score (nSPS) is 18.3. The molecule has 0 saturated carbocycles. The monoisotopic (exact) mass is 319 g/mol. The van der Waals surface area contributed by atoms with Crippen molar-refractivity contribution in [2.75, 3.05) is 16.6 Å². The smallest absolute Gasteiger partial charge is 0.335 e. The molecule has 1 heterocycles. The van der Waals surface area contributed by atoms with E-state index in [0.29, 0.717) is 23.1 Å². The van der Waals surface area contributed by atoms with Crippen molar-refractivity contribution in [1.29, 1.82) is 0 Å². The number of hydrogen-bond acceptors (Lipinski definition) is 3. The van der Waals surface area contributed by atoms with Gasteiger partial charge in [0.25, 0.3) is 0 Å². The largest absolute Gasteiger partial charge is 0.478 e.